The Morgan fingerprint density at radius 1 is 1.28 bits per heavy atom. The zero-order chi connectivity index (χ0) is 18.2. The fourth-order valence-corrected chi connectivity index (χ4v) is 2.57. The molecule has 0 spiro atoms. The van der Waals surface area contributed by atoms with Gasteiger partial charge in [0.25, 0.3) is 5.91 Å². The highest BCUT2D eigenvalue weighted by Gasteiger charge is 2.09. The Bertz CT molecular complexity index is 735. The number of aryl methyl sites for hydroxylation is 1. The Kier molecular flexibility index (Phi) is 6.62. The highest BCUT2D eigenvalue weighted by atomic mass is 16.1. The molecule has 1 aromatic carbocycles. The molecule has 2 aromatic rings. The third kappa shape index (κ3) is 5.11. The molecule has 0 saturated heterocycles. The van der Waals surface area contributed by atoms with E-state index in [2.05, 4.69) is 33.1 Å². The molecule has 6 nitrogen and oxygen atoms in total. The molecule has 0 atom stereocenters. The molecule has 0 aliphatic heterocycles. The van der Waals surface area contributed by atoms with Gasteiger partial charge in [0.2, 0.25) is 0 Å². The second-order valence-corrected chi connectivity index (χ2v) is 5.92. The number of aliphatic imine (C=N–C) groups is 1. The molecular formula is C19H27N5O. The van der Waals surface area contributed by atoms with Crippen molar-refractivity contribution in [3.8, 4) is 0 Å². The molecule has 0 bridgehead atoms. The normalized spacial score (nSPS) is 11.3. The Morgan fingerprint density at radius 2 is 2.08 bits per heavy atom. The van der Waals surface area contributed by atoms with Crippen LogP contribution in [0.25, 0.3) is 0 Å². The number of guanidine groups is 1. The lowest BCUT2D eigenvalue weighted by atomic mass is 10.1. The van der Waals surface area contributed by atoms with Crippen molar-refractivity contribution < 1.29 is 4.79 Å². The number of rotatable bonds is 6. The molecule has 0 radical (unpaired) electrons. The molecule has 1 heterocycles. The minimum atomic E-state index is -0.0847. The quantitative estimate of drug-likeness (QED) is 0.624. The standard InChI is InChI=1S/C19H27N5O/c1-5-21-19(24(4)14-17-10-7-11-23(17)3)22-13-15-8-6-9-16(12-15)18(25)20-2/h6-12H,5,13-14H2,1-4H3,(H,20,25)(H,21,22). The van der Waals surface area contributed by atoms with Crippen LogP contribution in [-0.4, -0.2) is 42.0 Å². The number of hydrogen-bond donors (Lipinski definition) is 2. The van der Waals surface area contributed by atoms with E-state index in [4.69, 9.17) is 4.99 Å². The van der Waals surface area contributed by atoms with Crippen LogP contribution in [0, 0.1) is 0 Å². The average molecular weight is 341 g/mol. The van der Waals surface area contributed by atoms with Crippen LogP contribution >= 0.6 is 0 Å². The van der Waals surface area contributed by atoms with Gasteiger partial charge >= 0.3 is 0 Å². The zero-order valence-corrected chi connectivity index (χ0v) is 15.4. The van der Waals surface area contributed by atoms with E-state index in [1.54, 1.807) is 13.1 Å². The lowest BCUT2D eigenvalue weighted by Crippen LogP contribution is -2.38. The van der Waals surface area contributed by atoms with Gasteiger partial charge in [0.05, 0.1) is 13.1 Å². The van der Waals surface area contributed by atoms with Crippen molar-refractivity contribution in [2.75, 3.05) is 20.6 Å². The summed E-state index contributed by atoms with van der Waals surface area (Å²) >= 11 is 0. The van der Waals surface area contributed by atoms with E-state index < -0.39 is 0 Å². The number of nitrogens with one attached hydrogen (secondary N) is 2. The minimum Gasteiger partial charge on any atom is -0.357 e. The van der Waals surface area contributed by atoms with Crippen LogP contribution in [-0.2, 0) is 20.1 Å². The monoisotopic (exact) mass is 341 g/mol. The van der Waals surface area contributed by atoms with Gasteiger partial charge in [0, 0.05) is 45.1 Å². The van der Waals surface area contributed by atoms with Crippen molar-refractivity contribution in [1.29, 1.82) is 0 Å². The van der Waals surface area contributed by atoms with Gasteiger partial charge in [-0.1, -0.05) is 12.1 Å². The lowest BCUT2D eigenvalue weighted by Gasteiger charge is -2.22. The smallest absolute Gasteiger partial charge is 0.251 e. The van der Waals surface area contributed by atoms with E-state index in [0.717, 1.165) is 24.6 Å². The van der Waals surface area contributed by atoms with E-state index in [9.17, 15) is 4.79 Å². The third-order valence-corrected chi connectivity index (χ3v) is 3.97. The molecule has 134 valence electrons. The van der Waals surface area contributed by atoms with E-state index in [-0.39, 0.29) is 5.91 Å². The van der Waals surface area contributed by atoms with Crippen LogP contribution in [0.15, 0.2) is 47.6 Å². The third-order valence-electron chi connectivity index (χ3n) is 3.97. The van der Waals surface area contributed by atoms with E-state index in [1.165, 1.54) is 5.69 Å². The predicted octanol–water partition coefficient (Wildman–Crippen LogP) is 1.98. The van der Waals surface area contributed by atoms with Crippen LogP contribution in [0.4, 0.5) is 0 Å². The van der Waals surface area contributed by atoms with Gasteiger partial charge in [-0.25, -0.2) is 4.99 Å². The molecule has 0 fully saturated rings. The summed E-state index contributed by atoms with van der Waals surface area (Å²) in [5, 5.41) is 5.96. The summed E-state index contributed by atoms with van der Waals surface area (Å²) < 4.78 is 2.10. The summed E-state index contributed by atoms with van der Waals surface area (Å²) in [5.41, 5.74) is 2.87. The molecule has 0 aliphatic carbocycles. The van der Waals surface area contributed by atoms with Crippen molar-refractivity contribution >= 4 is 11.9 Å². The first-order valence-corrected chi connectivity index (χ1v) is 8.45. The lowest BCUT2D eigenvalue weighted by molar-refractivity contribution is 0.0963. The topological polar surface area (TPSA) is 61.7 Å². The summed E-state index contributed by atoms with van der Waals surface area (Å²) in [6.45, 7) is 4.14. The number of benzene rings is 1. The van der Waals surface area contributed by atoms with Gasteiger partial charge in [0.1, 0.15) is 0 Å². The SMILES string of the molecule is CCNC(=NCc1cccc(C(=O)NC)c1)N(C)Cc1cccn1C. The summed E-state index contributed by atoms with van der Waals surface area (Å²) in [7, 11) is 5.70. The number of aromatic nitrogens is 1. The number of amides is 1. The van der Waals surface area contributed by atoms with E-state index in [1.807, 2.05) is 44.6 Å². The average Bonchev–Trinajstić information content (AvgIpc) is 3.02. The van der Waals surface area contributed by atoms with E-state index in [0.29, 0.717) is 12.1 Å². The van der Waals surface area contributed by atoms with Crippen molar-refractivity contribution in [1.82, 2.24) is 20.1 Å². The highest BCUT2D eigenvalue weighted by molar-refractivity contribution is 5.94. The fraction of sp³-hybridized carbons (Fsp3) is 0.368. The molecule has 2 N–H and O–H groups in total. The maximum Gasteiger partial charge on any atom is 0.251 e. The Hall–Kier alpha value is -2.76. The Labute approximate surface area is 149 Å². The van der Waals surface area contributed by atoms with Crippen molar-refractivity contribution in [2.45, 2.75) is 20.0 Å². The van der Waals surface area contributed by atoms with Gasteiger partial charge in [-0.05, 0) is 36.8 Å². The summed E-state index contributed by atoms with van der Waals surface area (Å²) in [5.74, 6) is 0.757. The largest absolute Gasteiger partial charge is 0.357 e. The first-order chi connectivity index (χ1) is 12.0. The van der Waals surface area contributed by atoms with Crippen molar-refractivity contribution in [3.05, 3.63) is 59.4 Å². The molecule has 0 aliphatic rings. The van der Waals surface area contributed by atoms with Gasteiger partial charge < -0.3 is 20.1 Å². The maximum atomic E-state index is 11.8. The molecule has 1 amide bonds. The minimum absolute atomic E-state index is 0.0847. The van der Waals surface area contributed by atoms with Crippen LogP contribution in [0.1, 0.15) is 28.5 Å². The van der Waals surface area contributed by atoms with Crippen LogP contribution in [0.2, 0.25) is 0 Å². The number of nitrogens with zero attached hydrogens (tertiary/aromatic N) is 3. The zero-order valence-electron chi connectivity index (χ0n) is 15.4. The molecule has 6 heteroatoms. The molecule has 0 unspecified atom stereocenters. The Balaban J connectivity index is 2.11. The van der Waals surface area contributed by atoms with Crippen LogP contribution < -0.4 is 10.6 Å². The second kappa shape index (κ2) is 8.92. The molecule has 0 saturated carbocycles. The number of hydrogen-bond acceptors (Lipinski definition) is 2. The first kappa shape index (κ1) is 18.6. The number of carbonyl (C=O) groups excluding carboxylic acids is 1. The molecule has 25 heavy (non-hydrogen) atoms. The summed E-state index contributed by atoms with van der Waals surface area (Å²) in [4.78, 5) is 18.6. The summed E-state index contributed by atoms with van der Waals surface area (Å²) in [6.07, 6.45) is 2.04. The van der Waals surface area contributed by atoms with Crippen molar-refractivity contribution in [2.24, 2.45) is 12.0 Å². The van der Waals surface area contributed by atoms with Gasteiger partial charge in [-0.2, -0.15) is 0 Å². The predicted molar refractivity (Wildman–Crippen MR) is 102 cm³/mol. The van der Waals surface area contributed by atoms with E-state index >= 15 is 0 Å². The Morgan fingerprint density at radius 3 is 2.72 bits per heavy atom. The number of carbonyl (C=O) groups is 1. The highest BCUT2D eigenvalue weighted by Crippen LogP contribution is 2.08. The van der Waals surface area contributed by atoms with Crippen LogP contribution in [0.5, 0.6) is 0 Å². The van der Waals surface area contributed by atoms with Crippen LogP contribution in [0.3, 0.4) is 0 Å². The summed E-state index contributed by atoms with van der Waals surface area (Å²) in [6, 6.07) is 11.7. The maximum absolute atomic E-state index is 11.8. The molecule has 2 rings (SSSR count). The fourth-order valence-electron chi connectivity index (χ4n) is 2.57. The van der Waals surface area contributed by atoms with Gasteiger partial charge in [-0.3, -0.25) is 4.79 Å². The van der Waals surface area contributed by atoms with Gasteiger partial charge in [0.15, 0.2) is 5.96 Å². The van der Waals surface area contributed by atoms with Crippen molar-refractivity contribution in [3.63, 3.8) is 0 Å². The molecular weight excluding hydrogens is 314 g/mol. The second-order valence-electron chi connectivity index (χ2n) is 5.92. The first-order valence-electron chi connectivity index (χ1n) is 8.45. The molecule has 1 aromatic heterocycles. The van der Waals surface area contributed by atoms with Gasteiger partial charge in [-0.15, -0.1) is 0 Å².